The molecule has 0 saturated heterocycles. The van der Waals surface area contributed by atoms with Gasteiger partial charge < -0.3 is 5.32 Å². The SMILES string of the molecule is C=C(Br)CNc1cccc([N+](=O)[O-])c1. The van der Waals surface area contributed by atoms with Crippen molar-refractivity contribution in [2.24, 2.45) is 0 Å². The largest absolute Gasteiger partial charge is 0.380 e. The van der Waals surface area contributed by atoms with Crippen LogP contribution in [-0.4, -0.2) is 11.5 Å². The Morgan fingerprint density at radius 2 is 2.36 bits per heavy atom. The van der Waals surface area contributed by atoms with Gasteiger partial charge in [0.1, 0.15) is 0 Å². The van der Waals surface area contributed by atoms with E-state index in [1.54, 1.807) is 12.1 Å². The van der Waals surface area contributed by atoms with Gasteiger partial charge in [0.2, 0.25) is 0 Å². The molecule has 0 spiro atoms. The lowest BCUT2D eigenvalue weighted by atomic mass is 10.3. The number of nitrogens with zero attached hydrogens (tertiary/aromatic N) is 1. The van der Waals surface area contributed by atoms with Crippen LogP contribution in [0, 0.1) is 10.1 Å². The summed E-state index contributed by atoms with van der Waals surface area (Å²) in [5, 5.41) is 13.4. The Morgan fingerprint density at radius 3 is 2.93 bits per heavy atom. The summed E-state index contributed by atoms with van der Waals surface area (Å²) >= 11 is 3.19. The third-order valence-corrected chi connectivity index (χ3v) is 1.82. The molecule has 0 aliphatic heterocycles. The zero-order chi connectivity index (χ0) is 10.6. The molecule has 0 aromatic heterocycles. The van der Waals surface area contributed by atoms with Crippen molar-refractivity contribution in [2.75, 3.05) is 11.9 Å². The Balaban J connectivity index is 2.73. The van der Waals surface area contributed by atoms with E-state index in [1.165, 1.54) is 12.1 Å². The van der Waals surface area contributed by atoms with E-state index in [1.807, 2.05) is 0 Å². The zero-order valence-electron chi connectivity index (χ0n) is 7.37. The Bertz CT molecular complexity index is 366. The summed E-state index contributed by atoms with van der Waals surface area (Å²) in [6, 6.07) is 6.34. The minimum atomic E-state index is -0.422. The molecule has 0 fully saturated rings. The van der Waals surface area contributed by atoms with Crippen LogP contribution in [0.1, 0.15) is 0 Å². The summed E-state index contributed by atoms with van der Waals surface area (Å²) in [5.41, 5.74) is 0.787. The molecule has 1 N–H and O–H groups in total. The van der Waals surface area contributed by atoms with Crippen LogP contribution in [0.5, 0.6) is 0 Å². The lowest BCUT2D eigenvalue weighted by molar-refractivity contribution is -0.384. The van der Waals surface area contributed by atoms with Crippen LogP contribution in [0.15, 0.2) is 35.3 Å². The van der Waals surface area contributed by atoms with E-state index < -0.39 is 4.92 Å². The van der Waals surface area contributed by atoms with Crippen LogP contribution in [0.3, 0.4) is 0 Å². The van der Waals surface area contributed by atoms with Crippen molar-refractivity contribution in [3.63, 3.8) is 0 Å². The predicted octanol–water partition coefficient (Wildman–Crippen LogP) is 2.92. The van der Waals surface area contributed by atoms with E-state index >= 15 is 0 Å². The number of nitro benzene ring substituents is 1. The van der Waals surface area contributed by atoms with Gasteiger partial charge in [-0.15, -0.1) is 0 Å². The monoisotopic (exact) mass is 256 g/mol. The maximum Gasteiger partial charge on any atom is 0.271 e. The second-order valence-corrected chi connectivity index (χ2v) is 3.80. The number of nitrogens with one attached hydrogen (secondary N) is 1. The third kappa shape index (κ3) is 3.18. The highest BCUT2D eigenvalue weighted by Gasteiger charge is 2.04. The summed E-state index contributed by atoms with van der Waals surface area (Å²) in [5.74, 6) is 0. The molecule has 0 amide bonds. The van der Waals surface area contributed by atoms with Gasteiger partial charge >= 0.3 is 0 Å². The van der Waals surface area contributed by atoms with Crippen molar-refractivity contribution in [1.29, 1.82) is 0 Å². The standard InChI is InChI=1S/C9H9BrN2O2/c1-7(10)6-11-8-3-2-4-9(5-8)12(13)14/h2-5,11H,1,6H2. The van der Waals surface area contributed by atoms with E-state index in [9.17, 15) is 10.1 Å². The number of anilines is 1. The first-order valence-corrected chi connectivity index (χ1v) is 4.70. The molecule has 0 aliphatic carbocycles. The predicted molar refractivity (Wildman–Crippen MR) is 59.7 cm³/mol. The van der Waals surface area contributed by atoms with E-state index in [2.05, 4.69) is 27.8 Å². The summed E-state index contributed by atoms with van der Waals surface area (Å²) in [4.78, 5) is 10.0. The average Bonchev–Trinajstić information content (AvgIpc) is 2.15. The molecule has 1 aromatic rings. The second kappa shape index (κ2) is 4.76. The molecule has 5 heteroatoms. The van der Waals surface area contributed by atoms with Gasteiger partial charge in [-0.3, -0.25) is 10.1 Å². The highest BCUT2D eigenvalue weighted by Crippen LogP contribution is 2.17. The minimum Gasteiger partial charge on any atom is -0.380 e. The Hall–Kier alpha value is -1.36. The van der Waals surface area contributed by atoms with Gasteiger partial charge in [0, 0.05) is 28.8 Å². The normalized spacial score (nSPS) is 9.50. The van der Waals surface area contributed by atoms with Crippen LogP contribution < -0.4 is 5.32 Å². The topological polar surface area (TPSA) is 55.2 Å². The number of non-ortho nitro benzene ring substituents is 1. The fourth-order valence-corrected chi connectivity index (χ4v) is 1.07. The fraction of sp³-hybridized carbons (Fsp3) is 0.111. The van der Waals surface area contributed by atoms with Gasteiger partial charge in [0.25, 0.3) is 5.69 Å². The van der Waals surface area contributed by atoms with Crippen LogP contribution in [0.2, 0.25) is 0 Å². The zero-order valence-corrected chi connectivity index (χ0v) is 8.95. The molecule has 0 unspecified atom stereocenters. The van der Waals surface area contributed by atoms with E-state index in [0.29, 0.717) is 12.2 Å². The summed E-state index contributed by atoms with van der Waals surface area (Å²) in [6.07, 6.45) is 0. The van der Waals surface area contributed by atoms with E-state index in [0.717, 1.165) is 4.48 Å². The smallest absolute Gasteiger partial charge is 0.271 e. The van der Waals surface area contributed by atoms with Gasteiger partial charge in [-0.2, -0.15) is 0 Å². The summed E-state index contributed by atoms with van der Waals surface area (Å²) in [7, 11) is 0. The number of halogens is 1. The van der Waals surface area contributed by atoms with Crippen molar-refractivity contribution in [2.45, 2.75) is 0 Å². The molecule has 1 rings (SSSR count). The maximum absolute atomic E-state index is 10.4. The molecular weight excluding hydrogens is 248 g/mol. The fourth-order valence-electron chi connectivity index (χ4n) is 0.927. The van der Waals surface area contributed by atoms with Gasteiger partial charge in [-0.25, -0.2) is 0 Å². The number of hydrogen-bond acceptors (Lipinski definition) is 3. The van der Waals surface area contributed by atoms with E-state index in [4.69, 9.17) is 0 Å². The van der Waals surface area contributed by atoms with E-state index in [-0.39, 0.29) is 5.69 Å². The highest BCUT2D eigenvalue weighted by molar-refractivity contribution is 9.11. The van der Waals surface area contributed by atoms with Crippen LogP contribution >= 0.6 is 15.9 Å². The number of rotatable bonds is 4. The first kappa shape index (κ1) is 10.7. The lowest BCUT2D eigenvalue weighted by Crippen LogP contribution is -2.00. The second-order valence-electron chi connectivity index (χ2n) is 2.68. The molecule has 0 aliphatic rings. The molecule has 0 saturated carbocycles. The minimum absolute atomic E-state index is 0.0789. The van der Waals surface area contributed by atoms with Crippen LogP contribution in [0.4, 0.5) is 11.4 Å². The maximum atomic E-state index is 10.4. The van der Waals surface area contributed by atoms with Crippen molar-refractivity contribution in [1.82, 2.24) is 0 Å². The molecule has 4 nitrogen and oxygen atoms in total. The summed E-state index contributed by atoms with van der Waals surface area (Å²) < 4.78 is 0.795. The molecule has 14 heavy (non-hydrogen) atoms. The van der Waals surface area contributed by atoms with Crippen molar-refractivity contribution in [3.05, 3.63) is 45.4 Å². The van der Waals surface area contributed by atoms with Crippen molar-refractivity contribution >= 4 is 27.3 Å². The molecular formula is C9H9BrN2O2. The lowest BCUT2D eigenvalue weighted by Gasteiger charge is -2.03. The molecule has 0 heterocycles. The third-order valence-electron chi connectivity index (χ3n) is 1.54. The van der Waals surface area contributed by atoms with Crippen LogP contribution in [-0.2, 0) is 0 Å². The quantitative estimate of drug-likeness (QED) is 0.666. The highest BCUT2D eigenvalue weighted by atomic mass is 79.9. The van der Waals surface area contributed by atoms with Gasteiger partial charge in [-0.1, -0.05) is 28.6 Å². The molecule has 1 aromatic carbocycles. The number of nitro groups is 1. The first-order chi connectivity index (χ1) is 6.59. The van der Waals surface area contributed by atoms with Gasteiger partial charge in [0.15, 0.2) is 0 Å². The van der Waals surface area contributed by atoms with Crippen molar-refractivity contribution < 1.29 is 4.92 Å². The molecule has 0 atom stereocenters. The number of hydrogen-bond donors (Lipinski definition) is 1. The Morgan fingerprint density at radius 1 is 1.64 bits per heavy atom. The van der Waals surface area contributed by atoms with Gasteiger partial charge in [-0.05, 0) is 6.07 Å². The first-order valence-electron chi connectivity index (χ1n) is 3.91. The number of benzene rings is 1. The Labute approximate surface area is 89.9 Å². The molecule has 74 valence electrons. The summed E-state index contributed by atoms with van der Waals surface area (Å²) in [6.45, 7) is 4.19. The molecule has 0 radical (unpaired) electrons. The molecule has 0 bridgehead atoms. The Kier molecular flexibility index (Phi) is 3.64. The van der Waals surface area contributed by atoms with Crippen molar-refractivity contribution in [3.8, 4) is 0 Å². The average molecular weight is 257 g/mol. The van der Waals surface area contributed by atoms with Gasteiger partial charge in [0.05, 0.1) is 4.92 Å². The van der Waals surface area contributed by atoms with Crippen LogP contribution in [0.25, 0.3) is 0 Å².